The molecular formula is C16H15ClO3. The number of phenolic OH excluding ortho intramolecular Hbond substituents is 1. The number of hydrogen-bond donors (Lipinski definition) is 2. The van der Waals surface area contributed by atoms with Gasteiger partial charge in [0.15, 0.2) is 0 Å². The summed E-state index contributed by atoms with van der Waals surface area (Å²) < 4.78 is 0. The summed E-state index contributed by atoms with van der Waals surface area (Å²) >= 11 is 5.99. The van der Waals surface area contributed by atoms with Gasteiger partial charge < -0.3 is 10.2 Å². The van der Waals surface area contributed by atoms with Gasteiger partial charge in [-0.05, 0) is 41.8 Å². The number of rotatable bonds is 2. The minimum absolute atomic E-state index is 0.0594. The summed E-state index contributed by atoms with van der Waals surface area (Å²) in [6.07, 6.45) is 2.88. The summed E-state index contributed by atoms with van der Waals surface area (Å²) in [4.78, 5) is 11.8. The van der Waals surface area contributed by atoms with Crippen LogP contribution in [0.1, 0.15) is 31.2 Å². The van der Waals surface area contributed by atoms with Crippen molar-refractivity contribution in [3.8, 4) is 5.75 Å². The lowest BCUT2D eigenvalue weighted by molar-refractivity contribution is -0.143. The second-order valence-corrected chi connectivity index (χ2v) is 5.86. The third-order valence-electron chi connectivity index (χ3n) is 4.30. The predicted octanol–water partition coefficient (Wildman–Crippen LogP) is 4.10. The molecule has 0 unspecified atom stereocenters. The van der Waals surface area contributed by atoms with E-state index in [1.165, 1.54) is 0 Å². The van der Waals surface area contributed by atoms with E-state index in [9.17, 15) is 15.0 Å². The molecule has 0 bridgehead atoms. The Balaban J connectivity index is 2.34. The molecule has 104 valence electrons. The second kappa shape index (κ2) is 4.67. The second-order valence-electron chi connectivity index (χ2n) is 5.42. The molecule has 1 aliphatic rings. The SMILES string of the molecule is O=C(O)C1(c2c(O)ccc3cc(Cl)ccc23)CCCC1. The van der Waals surface area contributed by atoms with E-state index in [-0.39, 0.29) is 5.75 Å². The van der Waals surface area contributed by atoms with Gasteiger partial charge in [-0.3, -0.25) is 4.79 Å². The summed E-state index contributed by atoms with van der Waals surface area (Å²) in [6.45, 7) is 0. The van der Waals surface area contributed by atoms with Crippen LogP contribution in [-0.2, 0) is 10.2 Å². The highest BCUT2D eigenvalue weighted by atomic mass is 35.5. The number of carboxylic acid groups (broad SMARTS) is 1. The zero-order valence-corrected chi connectivity index (χ0v) is 11.7. The molecule has 0 amide bonds. The molecule has 2 aromatic carbocycles. The molecule has 4 heteroatoms. The highest BCUT2D eigenvalue weighted by molar-refractivity contribution is 6.31. The zero-order chi connectivity index (χ0) is 14.3. The molecule has 0 heterocycles. The topological polar surface area (TPSA) is 57.5 Å². The van der Waals surface area contributed by atoms with Crippen LogP contribution in [0, 0.1) is 0 Å². The molecule has 20 heavy (non-hydrogen) atoms. The van der Waals surface area contributed by atoms with E-state index >= 15 is 0 Å². The number of aromatic hydroxyl groups is 1. The molecule has 1 aliphatic carbocycles. The van der Waals surface area contributed by atoms with Crippen molar-refractivity contribution in [3.05, 3.63) is 40.9 Å². The standard InChI is InChI=1S/C16H15ClO3/c17-11-4-5-12-10(9-11)3-6-13(18)14(12)16(15(19)20)7-1-2-8-16/h3-6,9,18H,1-2,7-8H2,(H,19,20). The summed E-state index contributed by atoms with van der Waals surface area (Å²) in [5.41, 5.74) is -0.436. The average Bonchev–Trinajstić information content (AvgIpc) is 2.89. The number of benzene rings is 2. The van der Waals surface area contributed by atoms with Crippen molar-refractivity contribution < 1.29 is 15.0 Å². The lowest BCUT2D eigenvalue weighted by atomic mass is 9.76. The third kappa shape index (κ3) is 1.85. The Morgan fingerprint density at radius 2 is 1.85 bits per heavy atom. The predicted molar refractivity (Wildman–Crippen MR) is 78.4 cm³/mol. The van der Waals surface area contributed by atoms with Gasteiger partial charge >= 0.3 is 5.97 Å². The van der Waals surface area contributed by atoms with E-state index in [0.717, 1.165) is 23.6 Å². The van der Waals surface area contributed by atoms with Crippen LogP contribution >= 0.6 is 11.6 Å². The van der Waals surface area contributed by atoms with Crippen LogP contribution in [0.15, 0.2) is 30.3 Å². The van der Waals surface area contributed by atoms with Gasteiger partial charge in [0, 0.05) is 10.6 Å². The van der Waals surface area contributed by atoms with Crippen molar-refractivity contribution in [1.29, 1.82) is 0 Å². The van der Waals surface area contributed by atoms with E-state index in [0.29, 0.717) is 23.4 Å². The minimum Gasteiger partial charge on any atom is -0.508 e. The molecule has 1 fully saturated rings. The number of carbonyl (C=O) groups is 1. The van der Waals surface area contributed by atoms with Crippen molar-refractivity contribution in [2.24, 2.45) is 0 Å². The van der Waals surface area contributed by atoms with Gasteiger partial charge in [0.1, 0.15) is 5.75 Å². The molecule has 0 aliphatic heterocycles. The van der Waals surface area contributed by atoms with Crippen LogP contribution in [0.2, 0.25) is 5.02 Å². The van der Waals surface area contributed by atoms with Gasteiger partial charge in [0.05, 0.1) is 5.41 Å². The summed E-state index contributed by atoms with van der Waals surface area (Å²) in [6, 6.07) is 8.67. The fourth-order valence-corrected chi connectivity index (χ4v) is 3.52. The molecule has 0 radical (unpaired) electrons. The highest BCUT2D eigenvalue weighted by Gasteiger charge is 2.45. The normalized spacial score (nSPS) is 17.4. The van der Waals surface area contributed by atoms with E-state index in [1.807, 2.05) is 0 Å². The minimum atomic E-state index is -0.975. The first-order valence-corrected chi connectivity index (χ1v) is 7.07. The van der Waals surface area contributed by atoms with Crippen LogP contribution in [0.25, 0.3) is 10.8 Å². The molecule has 0 saturated heterocycles. The molecule has 2 N–H and O–H groups in total. The van der Waals surface area contributed by atoms with E-state index in [1.54, 1.807) is 30.3 Å². The number of carboxylic acids is 1. The van der Waals surface area contributed by atoms with E-state index in [2.05, 4.69) is 0 Å². The maximum Gasteiger partial charge on any atom is 0.314 e. The number of phenols is 1. The maximum atomic E-state index is 11.8. The molecule has 0 spiro atoms. The third-order valence-corrected chi connectivity index (χ3v) is 4.54. The lowest BCUT2D eigenvalue weighted by Crippen LogP contribution is -2.32. The van der Waals surface area contributed by atoms with Crippen molar-refractivity contribution in [2.75, 3.05) is 0 Å². The Kier molecular flexibility index (Phi) is 3.09. The molecular weight excluding hydrogens is 276 g/mol. The van der Waals surface area contributed by atoms with Crippen LogP contribution in [0.4, 0.5) is 0 Å². The molecule has 0 aromatic heterocycles. The van der Waals surface area contributed by atoms with Crippen LogP contribution in [-0.4, -0.2) is 16.2 Å². The maximum absolute atomic E-state index is 11.8. The smallest absolute Gasteiger partial charge is 0.314 e. The Morgan fingerprint density at radius 1 is 1.15 bits per heavy atom. The van der Waals surface area contributed by atoms with Crippen molar-refractivity contribution in [3.63, 3.8) is 0 Å². The zero-order valence-electron chi connectivity index (χ0n) is 10.9. The largest absolute Gasteiger partial charge is 0.508 e. The van der Waals surface area contributed by atoms with E-state index < -0.39 is 11.4 Å². The van der Waals surface area contributed by atoms with Gasteiger partial charge in [-0.2, -0.15) is 0 Å². The van der Waals surface area contributed by atoms with Gasteiger partial charge in [0.25, 0.3) is 0 Å². The number of aliphatic carboxylic acids is 1. The molecule has 1 saturated carbocycles. The molecule has 3 nitrogen and oxygen atoms in total. The molecule has 0 atom stereocenters. The van der Waals surface area contributed by atoms with Crippen molar-refractivity contribution in [1.82, 2.24) is 0 Å². The van der Waals surface area contributed by atoms with E-state index in [4.69, 9.17) is 11.6 Å². The monoisotopic (exact) mass is 290 g/mol. The number of fused-ring (bicyclic) bond motifs is 1. The number of hydrogen-bond acceptors (Lipinski definition) is 2. The first kappa shape index (κ1) is 13.3. The quantitative estimate of drug-likeness (QED) is 0.875. The first-order valence-electron chi connectivity index (χ1n) is 6.70. The Morgan fingerprint density at radius 3 is 2.50 bits per heavy atom. The van der Waals surface area contributed by atoms with Gasteiger partial charge in [-0.1, -0.05) is 36.6 Å². The summed E-state index contributed by atoms with van der Waals surface area (Å²) in [5, 5.41) is 22.2. The van der Waals surface area contributed by atoms with Crippen LogP contribution < -0.4 is 0 Å². The Labute approximate surface area is 121 Å². The molecule has 2 aromatic rings. The fourth-order valence-electron chi connectivity index (χ4n) is 3.34. The Bertz CT molecular complexity index is 687. The fraction of sp³-hybridized carbons (Fsp3) is 0.312. The summed E-state index contributed by atoms with van der Waals surface area (Å²) in [5.74, 6) is -0.795. The Hall–Kier alpha value is -1.74. The van der Waals surface area contributed by atoms with Crippen LogP contribution in [0.3, 0.4) is 0 Å². The van der Waals surface area contributed by atoms with Gasteiger partial charge in [-0.25, -0.2) is 0 Å². The average molecular weight is 291 g/mol. The van der Waals surface area contributed by atoms with Crippen molar-refractivity contribution >= 4 is 28.3 Å². The molecule has 3 rings (SSSR count). The van der Waals surface area contributed by atoms with Crippen molar-refractivity contribution in [2.45, 2.75) is 31.1 Å². The summed E-state index contributed by atoms with van der Waals surface area (Å²) in [7, 11) is 0. The van der Waals surface area contributed by atoms with Gasteiger partial charge in [0.2, 0.25) is 0 Å². The lowest BCUT2D eigenvalue weighted by Gasteiger charge is -2.27. The van der Waals surface area contributed by atoms with Crippen LogP contribution in [0.5, 0.6) is 5.75 Å². The number of halogens is 1. The van der Waals surface area contributed by atoms with Gasteiger partial charge in [-0.15, -0.1) is 0 Å². The first-order chi connectivity index (χ1) is 9.54. The highest BCUT2D eigenvalue weighted by Crippen LogP contribution is 2.47.